The molecule has 0 unspecified atom stereocenters. The molecule has 10 heterocycles. The lowest BCUT2D eigenvalue weighted by atomic mass is 9.84. The zero-order valence-electron chi connectivity index (χ0n) is 58.9. The van der Waals surface area contributed by atoms with Crippen molar-refractivity contribution in [2.75, 3.05) is 93.2 Å². The summed E-state index contributed by atoms with van der Waals surface area (Å²) in [5.74, 6) is 2.87. The predicted octanol–water partition coefficient (Wildman–Crippen LogP) is 14.8. The highest BCUT2D eigenvalue weighted by atomic mass is 79.9. The zero-order chi connectivity index (χ0) is 69.2. The number of rotatable bonds is 6. The first kappa shape index (κ1) is 73.4. The number of piperazine rings is 3. The number of pyridine rings is 6. The summed E-state index contributed by atoms with van der Waals surface area (Å²) in [7, 11) is -0.479. The van der Waals surface area contributed by atoms with Gasteiger partial charge in [-0.05, 0) is 157 Å². The van der Waals surface area contributed by atoms with Gasteiger partial charge in [0, 0.05) is 149 Å². The van der Waals surface area contributed by atoms with Crippen molar-refractivity contribution < 1.29 is 28.4 Å². The van der Waals surface area contributed by atoms with Crippen LogP contribution in [0.3, 0.4) is 0 Å². The van der Waals surface area contributed by atoms with Crippen LogP contribution in [0.25, 0.3) is 55.9 Å². The van der Waals surface area contributed by atoms with Crippen molar-refractivity contribution in [3.05, 3.63) is 202 Å². The second-order valence-corrected chi connectivity index (χ2v) is 29.7. The van der Waals surface area contributed by atoms with Crippen LogP contribution < -0.4 is 25.6 Å². The van der Waals surface area contributed by atoms with Crippen molar-refractivity contribution >= 4 is 70.7 Å². The number of hydrogen-bond acceptors (Lipinski definition) is 16. The molecule has 3 aromatic carbocycles. The molecule has 0 atom stereocenters. The summed E-state index contributed by atoms with van der Waals surface area (Å²) in [6, 6.07) is 50.2. The molecule has 0 saturated carbocycles. The van der Waals surface area contributed by atoms with E-state index in [4.69, 9.17) is 33.7 Å². The van der Waals surface area contributed by atoms with Gasteiger partial charge in [-0.3, -0.25) is 15.0 Å². The molecule has 16 rings (SSSR count). The molecule has 101 heavy (non-hydrogen) atoms. The third-order valence-electron chi connectivity index (χ3n) is 19.2. The standard InChI is InChI=1S/C26H28N4O2.C21H20N4.C20H32BN3O4.C12H8BrN.CH4.ClH/c1-26(2,3)32-25(31)30-15-13-29(14-16-30)23-10-6-9-21(28-23)20-11-12-27-22-17-18-7-4-5-8-19(18)24(20)22;1-2-5-16-15(4-1)14-19-21(16)17(8-9-23-19)18-6-3-7-20(24-18)25-12-10-22-11-13-25;1-18(2,3)26-17(25)24-13-11-23(12-14-24)16-10-8-9-15(22-16)21-27-19(4,5)20(6,7)28-21;13-10-5-6-14-11-7-8-3-1-2-4-9(8)12(10)11;;/h4-12H,13-17H2,1-3H3;1-9,22H,10-14H2;8-10H,11-14H2,1-7H3;1-6H,7H2;1H4;1H. The molecule has 3 aliphatic carbocycles. The lowest BCUT2D eigenvalue weighted by Gasteiger charge is -2.36. The number of nitrogens with zero attached hydrogens (tertiary/aromatic N) is 11. The van der Waals surface area contributed by atoms with E-state index in [2.05, 4.69) is 166 Å². The number of anilines is 3. The summed E-state index contributed by atoms with van der Waals surface area (Å²) in [5.41, 5.74) is 18.4. The number of benzene rings is 3. The molecule has 0 spiro atoms. The van der Waals surface area contributed by atoms with Crippen LogP contribution in [-0.4, -0.2) is 160 Å². The average Bonchev–Trinajstić information content (AvgIpc) is 1.66. The van der Waals surface area contributed by atoms with Gasteiger partial charge in [0.05, 0.1) is 45.3 Å². The van der Waals surface area contributed by atoms with E-state index in [1.807, 2.05) is 118 Å². The molecule has 1 N–H and O–H groups in total. The molecule has 6 aromatic heterocycles. The van der Waals surface area contributed by atoms with Crippen molar-refractivity contribution in [2.45, 2.75) is 118 Å². The Balaban J connectivity index is 0.000000139. The average molecular weight is 1440 g/mol. The van der Waals surface area contributed by atoms with Crippen molar-refractivity contribution in [1.82, 2.24) is 45.0 Å². The lowest BCUT2D eigenvalue weighted by Crippen LogP contribution is -2.50. The number of halogens is 2. The topological polar surface area (TPSA) is 177 Å². The molecule has 0 bridgehead atoms. The maximum Gasteiger partial charge on any atom is 0.514 e. The quantitative estimate of drug-likeness (QED) is 0.155. The Hall–Kier alpha value is -8.79. The predicted molar refractivity (Wildman–Crippen MR) is 411 cm³/mol. The molecule has 0 radical (unpaired) electrons. The Morgan fingerprint density at radius 1 is 0.455 bits per heavy atom. The van der Waals surface area contributed by atoms with Crippen LogP contribution in [0, 0.1) is 0 Å². The van der Waals surface area contributed by atoms with E-state index in [1.165, 1.54) is 61.3 Å². The van der Waals surface area contributed by atoms with Gasteiger partial charge in [-0.1, -0.05) is 114 Å². The molecule has 9 aromatic rings. The van der Waals surface area contributed by atoms with E-state index in [0.717, 1.165) is 114 Å². The highest BCUT2D eigenvalue weighted by Crippen LogP contribution is 2.44. The maximum atomic E-state index is 12.4. The van der Waals surface area contributed by atoms with Gasteiger partial charge in [0.25, 0.3) is 0 Å². The van der Waals surface area contributed by atoms with E-state index in [-0.39, 0.29) is 32.0 Å². The Morgan fingerprint density at radius 2 is 0.822 bits per heavy atom. The first-order chi connectivity index (χ1) is 47.5. The van der Waals surface area contributed by atoms with Gasteiger partial charge in [0.1, 0.15) is 28.7 Å². The first-order valence-corrected chi connectivity index (χ1v) is 35.4. The van der Waals surface area contributed by atoms with Crippen LogP contribution in [0.5, 0.6) is 0 Å². The minimum atomic E-state index is -0.479. The molecule has 4 saturated heterocycles. The van der Waals surface area contributed by atoms with E-state index < -0.39 is 29.5 Å². The van der Waals surface area contributed by atoms with Crippen molar-refractivity contribution in [3.8, 4) is 55.9 Å². The molecule has 2 amide bonds. The summed E-state index contributed by atoms with van der Waals surface area (Å²) in [5, 5.41) is 3.40. The zero-order valence-corrected chi connectivity index (χ0v) is 61.3. The monoisotopic (exact) mass is 1440 g/mol. The Morgan fingerprint density at radius 3 is 1.25 bits per heavy atom. The maximum absolute atomic E-state index is 12.4. The molecule has 526 valence electrons. The smallest absolute Gasteiger partial charge is 0.444 e. The largest absolute Gasteiger partial charge is 0.514 e. The van der Waals surface area contributed by atoms with E-state index in [1.54, 1.807) is 9.80 Å². The highest BCUT2D eigenvalue weighted by molar-refractivity contribution is 9.10. The number of fused-ring (bicyclic) bond motifs is 9. The first-order valence-electron chi connectivity index (χ1n) is 34.6. The SMILES string of the molecule is Brc1ccnc2c1-c1ccccc1C2.C.CC(C)(C)OC(=O)N1CCN(c2cccc(-c3ccnc4c3-c3ccccc3C4)n2)CC1.CC(C)(C)OC(=O)N1CCN(c2cccc(B3OC(C)(C)C(C)(C)O3)n2)CC1.Cl.c1cc(-c2ccnc3c2-c2ccccc2C3)nc(N2CCNCC2)c1. The summed E-state index contributed by atoms with van der Waals surface area (Å²) in [6.07, 6.45) is 7.89. The van der Waals surface area contributed by atoms with Crippen LogP contribution >= 0.6 is 28.3 Å². The molecule has 18 nitrogen and oxygen atoms in total. The van der Waals surface area contributed by atoms with Crippen LogP contribution in [0.2, 0.25) is 0 Å². The fourth-order valence-electron chi connectivity index (χ4n) is 13.5. The Bertz CT molecular complexity index is 4410. The van der Waals surface area contributed by atoms with Crippen LogP contribution in [-0.2, 0) is 38.0 Å². The normalized spacial score (nSPS) is 16.5. The van der Waals surface area contributed by atoms with Gasteiger partial charge in [-0.2, -0.15) is 0 Å². The van der Waals surface area contributed by atoms with Gasteiger partial charge >= 0.3 is 19.3 Å². The number of carbonyl (C=O) groups excluding carboxylic acids is 2. The van der Waals surface area contributed by atoms with Crippen LogP contribution in [0.1, 0.15) is 110 Å². The van der Waals surface area contributed by atoms with Crippen LogP contribution in [0.15, 0.2) is 169 Å². The number of carbonyl (C=O) groups is 2. The minimum absolute atomic E-state index is 0. The van der Waals surface area contributed by atoms with Gasteiger partial charge in [0.15, 0.2) is 0 Å². The third kappa shape index (κ3) is 16.6. The number of ether oxygens (including phenoxy) is 2. The molecular weight excluding hydrogens is 1350 g/mol. The van der Waals surface area contributed by atoms with Crippen molar-refractivity contribution in [1.29, 1.82) is 0 Å². The molecule has 21 heteroatoms. The van der Waals surface area contributed by atoms with E-state index >= 15 is 0 Å². The summed E-state index contributed by atoms with van der Waals surface area (Å²) in [4.78, 5) is 63.3. The highest BCUT2D eigenvalue weighted by Gasteiger charge is 2.52. The number of amides is 2. The Kier molecular flexibility index (Phi) is 22.4. The van der Waals surface area contributed by atoms with E-state index in [0.29, 0.717) is 39.3 Å². The van der Waals surface area contributed by atoms with Gasteiger partial charge in [-0.25, -0.2) is 24.5 Å². The third-order valence-corrected chi connectivity index (χ3v) is 19.9. The summed E-state index contributed by atoms with van der Waals surface area (Å²) in [6.45, 7) is 28.9. The van der Waals surface area contributed by atoms with Crippen LogP contribution in [0.4, 0.5) is 27.0 Å². The van der Waals surface area contributed by atoms with Gasteiger partial charge < -0.3 is 48.6 Å². The fourth-order valence-corrected chi connectivity index (χ4v) is 14.1. The second kappa shape index (κ2) is 30.8. The summed E-state index contributed by atoms with van der Waals surface area (Å²) >= 11 is 3.58. The van der Waals surface area contributed by atoms with E-state index in [9.17, 15) is 9.59 Å². The molecule has 4 fully saturated rings. The minimum Gasteiger partial charge on any atom is -0.444 e. The molecular formula is C80H93BBrClN12O6. The summed E-state index contributed by atoms with van der Waals surface area (Å²) < 4.78 is 24.4. The Labute approximate surface area is 610 Å². The number of aromatic nitrogens is 6. The molecule has 4 aliphatic heterocycles. The fraction of sp³-hybridized carbons (Fsp3) is 0.375. The number of nitrogens with one attached hydrogen (secondary N) is 1. The van der Waals surface area contributed by atoms with Crippen molar-refractivity contribution in [3.63, 3.8) is 0 Å². The number of hydrogen-bond donors (Lipinski definition) is 1. The van der Waals surface area contributed by atoms with Crippen molar-refractivity contribution in [2.24, 2.45) is 0 Å². The second-order valence-electron chi connectivity index (χ2n) is 28.9. The molecule has 7 aliphatic rings. The lowest BCUT2D eigenvalue weighted by molar-refractivity contribution is 0.00578. The van der Waals surface area contributed by atoms with Gasteiger partial charge in [-0.15, -0.1) is 12.4 Å². The van der Waals surface area contributed by atoms with Gasteiger partial charge in [0.2, 0.25) is 0 Å².